The molecule has 21 heavy (non-hydrogen) atoms. The van der Waals surface area contributed by atoms with Gasteiger partial charge in [-0.2, -0.15) is 0 Å². The number of nitrogens with zero attached hydrogens (tertiary/aromatic N) is 4. The molecule has 0 bridgehead atoms. The first-order valence-corrected chi connectivity index (χ1v) is 6.95. The zero-order valence-electron chi connectivity index (χ0n) is 11.9. The van der Waals surface area contributed by atoms with Gasteiger partial charge in [0.1, 0.15) is 0 Å². The maximum absolute atomic E-state index is 12.1. The quantitative estimate of drug-likeness (QED) is 0.934. The van der Waals surface area contributed by atoms with Crippen molar-refractivity contribution in [2.24, 2.45) is 7.05 Å². The molecular formula is C13H15Cl2N5O. The van der Waals surface area contributed by atoms with Gasteiger partial charge in [-0.25, -0.2) is 0 Å². The fourth-order valence-electron chi connectivity index (χ4n) is 1.85. The summed E-state index contributed by atoms with van der Waals surface area (Å²) < 4.78 is 1.62. The Morgan fingerprint density at radius 3 is 2.67 bits per heavy atom. The first kappa shape index (κ1) is 15.6. The molecule has 8 heteroatoms. The number of halogens is 2. The van der Waals surface area contributed by atoms with Crippen LogP contribution in [0.3, 0.4) is 0 Å². The van der Waals surface area contributed by atoms with E-state index in [2.05, 4.69) is 15.5 Å². The zero-order chi connectivity index (χ0) is 15.6. The van der Waals surface area contributed by atoms with Crippen LogP contribution in [0.5, 0.6) is 0 Å². The fourth-order valence-corrected chi connectivity index (χ4v) is 2.23. The molecule has 1 N–H and O–H groups in total. The number of amides is 1. The van der Waals surface area contributed by atoms with Crippen molar-refractivity contribution in [3.8, 4) is 0 Å². The molecule has 1 aromatic carbocycles. The number of carbonyl (C=O) groups is 1. The van der Waals surface area contributed by atoms with Crippen molar-refractivity contribution in [2.75, 3.05) is 19.0 Å². The zero-order valence-corrected chi connectivity index (χ0v) is 13.4. The summed E-state index contributed by atoms with van der Waals surface area (Å²) in [6, 6.07) is 5.28. The van der Waals surface area contributed by atoms with Crippen LogP contribution in [-0.4, -0.2) is 34.8 Å². The highest BCUT2D eigenvalue weighted by atomic mass is 35.5. The smallest absolute Gasteiger partial charge is 0.289 e. The molecule has 0 aliphatic carbocycles. The van der Waals surface area contributed by atoms with Gasteiger partial charge < -0.3 is 10.2 Å². The Hall–Kier alpha value is -1.79. The molecule has 0 radical (unpaired) electrons. The van der Waals surface area contributed by atoms with Crippen molar-refractivity contribution in [1.82, 2.24) is 20.1 Å². The van der Waals surface area contributed by atoms with Gasteiger partial charge in [-0.3, -0.25) is 9.36 Å². The summed E-state index contributed by atoms with van der Waals surface area (Å²) >= 11 is 12.0. The third-order valence-electron chi connectivity index (χ3n) is 2.93. The molecule has 2 rings (SSSR count). The molecule has 0 atom stereocenters. The number of carbonyl (C=O) groups excluding carboxylic acids is 1. The summed E-state index contributed by atoms with van der Waals surface area (Å²) in [6.07, 6.45) is 0. The van der Waals surface area contributed by atoms with Gasteiger partial charge in [0.2, 0.25) is 11.8 Å². The first-order valence-electron chi connectivity index (χ1n) is 6.19. The molecule has 0 spiro atoms. The van der Waals surface area contributed by atoms with Crippen LogP contribution in [-0.2, 0) is 13.6 Å². The second-order valence-electron chi connectivity index (χ2n) is 4.67. The van der Waals surface area contributed by atoms with Gasteiger partial charge in [0.25, 0.3) is 5.91 Å². The van der Waals surface area contributed by atoms with E-state index in [4.69, 9.17) is 23.2 Å². The molecule has 0 saturated carbocycles. The lowest BCUT2D eigenvalue weighted by atomic mass is 10.2. The molecule has 1 amide bonds. The summed E-state index contributed by atoms with van der Waals surface area (Å²) in [5.41, 5.74) is 0.743. The lowest BCUT2D eigenvalue weighted by Crippen LogP contribution is -2.26. The minimum atomic E-state index is -0.325. The Morgan fingerprint density at radius 1 is 1.33 bits per heavy atom. The molecule has 0 aliphatic heterocycles. The lowest BCUT2D eigenvalue weighted by Gasteiger charge is -2.11. The van der Waals surface area contributed by atoms with E-state index >= 15 is 0 Å². The van der Waals surface area contributed by atoms with Gasteiger partial charge >= 0.3 is 0 Å². The van der Waals surface area contributed by atoms with Crippen LogP contribution in [0.25, 0.3) is 0 Å². The van der Waals surface area contributed by atoms with E-state index in [0.717, 1.165) is 5.56 Å². The molecule has 112 valence electrons. The maximum atomic E-state index is 12.1. The Labute approximate surface area is 132 Å². The fraction of sp³-hybridized carbons (Fsp3) is 0.308. The SMILES string of the molecule is CN(C)c1nnc(C(=O)NCc2cccc(Cl)c2Cl)n1C. The topological polar surface area (TPSA) is 63.1 Å². The normalized spacial score (nSPS) is 10.5. The average Bonchev–Trinajstić information content (AvgIpc) is 2.82. The largest absolute Gasteiger partial charge is 0.347 e. The molecule has 0 unspecified atom stereocenters. The van der Waals surface area contributed by atoms with E-state index < -0.39 is 0 Å². The second kappa shape index (κ2) is 6.32. The molecule has 0 saturated heterocycles. The number of benzene rings is 1. The van der Waals surface area contributed by atoms with Gasteiger partial charge in [0.05, 0.1) is 10.0 Å². The number of rotatable bonds is 4. The second-order valence-corrected chi connectivity index (χ2v) is 5.46. The van der Waals surface area contributed by atoms with Crippen molar-refractivity contribution in [3.63, 3.8) is 0 Å². The maximum Gasteiger partial charge on any atom is 0.289 e. The third-order valence-corrected chi connectivity index (χ3v) is 3.78. The molecule has 0 fully saturated rings. The number of hydrogen-bond acceptors (Lipinski definition) is 4. The van der Waals surface area contributed by atoms with E-state index in [-0.39, 0.29) is 18.3 Å². The van der Waals surface area contributed by atoms with Crippen LogP contribution in [0.15, 0.2) is 18.2 Å². The van der Waals surface area contributed by atoms with Gasteiger partial charge in [0.15, 0.2) is 0 Å². The average molecular weight is 328 g/mol. The Bertz CT molecular complexity index is 669. The summed E-state index contributed by atoms with van der Waals surface area (Å²) in [4.78, 5) is 13.9. The van der Waals surface area contributed by atoms with Gasteiger partial charge in [-0.1, -0.05) is 35.3 Å². The van der Waals surface area contributed by atoms with Crippen molar-refractivity contribution in [3.05, 3.63) is 39.6 Å². The summed E-state index contributed by atoms with van der Waals surface area (Å²) in [5, 5.41) is 11.5. The van der Waals surface area contributed by atoms with Crippen molar-refractivity contribution >= 4 is 35.1 Å². The van der Waals surface area contributed by atoms with E-state index in [1.807, 2.05) is 14.1 Å². The summed E-state index contributed by atoms with van der Waals surface area (Å²) in [5.74, 6) is 0.506. The van der Waals surface area contributed by atoms with Crippen molar-refractivity contribution < 1.29 is 4.79 Å². The first-order chi connectivity index (χ1) is 9.91. The highest BCUT2D eigenvalue weighted by Crippen LogP contribution is 2.25. The van der Waals surface area contributed by atoms with Crippen LogP contribution in [0.4, 0.5) is 5.95 Å². The van der Waals surface area contributed by atoms with Gasteiger partial charge in [0, 0.05) is 27.7 Å². The van der Waals surface area contributed by atoms with Crippen molar-refractivity contribution in [1.29, 1.82) is 0 Å². The Kier molecular flexibility index (Phi) is 4.69. The standard InChI is InChI=1S/C13H15Cl2N5O/c1-19(2)13-18-17-11(20(13)3)12(21)16-7-8-5-4-6-9(14)10(8)15/h4-6H,7H2,1-3H3,(H,16,21). The number of anilines is 1. The van der Waals surface area contributed by atoms with Crippen LogP contribution >= 0.6 is 23.2 Å². The molecule has 2 aromatic rings. The van der Waals surface area contributed by atoms with Crippen LogP contribution in [0.2, 0.25) is 10.0 Å². The lowest BCUT2D eigenvalue weighted by molar-refractivity contribution is 0.0937. The van der Waals surface area contributed by atoms with E-state index in [1.165, 1.54) is 0 Å². The molecule has 6 nitrogen and oxygen atoms in total. The third kappa shape index (κ3) is 3.28. The Balaban J connectivity index is 2.10. The number of hydrogen-bond donors (Lipinski definition) is 1. The van der Waals surface area contributed by atoms with Crippen LogP contribution < -0.4 is 10.2 Å². The van der Waals surface area contributed by atoms with Crippen molar-refractivity contribution in [2.45, 2.75) is 6.54 Å². The summed E-state index contributed by atoms with van der Waals surface area (Å²) in [6.45, 7) is 0.266. The monoisotopic (exact) mass is 327 g/mol. The predicted octanol–water partition coefficient (Wildman–Crippen LogP) is 2.12. The van der Waals surface area contributed by atoms with E-state index in [0.29, 0.717) is 16.0 Å². The van der Waals surface area contributed by atoms with E-state index in [9.17, 15) is 4.79 Å². The minimum absolute atomic E-state index is 0.233. The molecule has 1 aromatic heterocycles. The minimum Gasteiger partial charge on any atom is -0.347 e. The van der Waals surface area contributed by atoms with Crippen LogP contribution in [0, 0.1) is 0 Å². The highest BCUT2D eigenvalue weighted by molar-refractivity contribution is 6.42. The Morgan fingerprint density at radius 2 is 2.05 bits per heavy atom. The number of aromatic nitrogens is 3. The predicted molar refractivity (Wildman–Crippen MR) is 83.0 cm³/mol. The van der Waals surface area contributed by atoms with Crippen LogP contribution in [0.1, 0.15) is 16.2 Å². The highest BCUT2D eigenvalue weighted by Gasteiger charge is 2.17. The molecular weight excluding hydrogens is 313 g/mol. The van der Waals surface area contributed by atoms with E-state index in [1.54, 1.807) is 34.7 Å². The molecule has 1 heterocycles. The van der Waals surface area contributed by atoms with Gasteiger partial charge in [-0.15, -0.1) is 10.2 Å². The van der Waals surface area contributed by atoms with Gasteiger partial charge in [-0.05, 0) is 11.6 Å². The summed E-state index contributed by atoms with van der Waals surface area (Å²) in [7, 11) is 5.39. The molecule has 0 aliphatic rings. The number of nitrogens with one attached hydrogen (secondary N) is 1.